The molecule has 1 heterocycles. The highest BCUT2D eigenvalue weighted by atomic mass is 35.5. The molecule has 0 fully saturated rings. The second kappa shape index (κ2) is 4.89. The number of halogens is 1. The lowest BCUT2D eigenvalue weighted by Crippen LogP contribution is -2.20. The molecule has 0 unspecified atom stereocenters. The van der Waals surface area contributed by atoms with E-state index < -0.39 is 0 Å². The van der Waals surface area contributed by atoms with Crippen molar-refractivity contribution in [1.29, 1.82) is 0 Å². The Morgan fingerprint density at radius 3 is 2.73 bits per heavy atom. The van der Waals surface area contributed by atoms with Gasteiger partial charge in [-0.1, -0.05) is 17.7 Å². The highest BCUT2D eigenvalue weighted by molar-refractivity contribution is 6.32. The van der Waals surface area contributed by atoms with E-state index in [4.69, 9.17) is 11.6 Å². The molecular formula is C10H12ClN3O. The highest BCUT2D eigenvalue weighted by Gasteiger charge is 2.13. The smallest absolute Gasteiger partial charge is 0.156 e. The summed E-state index contributed by atoms with van der Waals surface area (Å²) in [5.74, 6) is 1.07. The molecule has 0 aliphatic carbocycles. The molecule has 0 N–H and O–H groups in total. The minimum atomic E-state index is 0.184. The maximum Gasteiger partial charge on any atom is 0.156 e. The molecule has 0 radical (unpaired) electrons. The van der Waals surface area contributed by atoms with Gasteiger partial charge in [-0.25, -0.2) is 9.97 Å². The number of aromatic nitrogens is 2. The Balaban J connectivity index is 3.25. The summed E-state index contributed by atoms with van der Waals surface area (Å²) < 4.78 is 0. The molecule has 0 aliphatic rings. The van der Waals surface area contributed by atoms with E-state index >= 15 is 0 Å². The second-order valence-corrected chi connectivity index (χ2v) is 3.44. The summed E-state index contributed by atoms with van der Waals surface area (Å²) in [4.78, 5) is 20.7. The molecular weight excluding hydrogens is 214 g/mol. The number of hydrogen-bond donors (Lipinski definition) is 0. The summed E-state index contributed by atoms with van der Waals surface area (Å²) in [6.45, 7) is 5.94. The van der Waals surface area contributed by atoms with Gasteiger partial charge in [-0.05, 0) is 6.92 Å². The number of anilines is 1. The molecule has 0 bridgehead atoms. The lowest BCUT2D eigenvalue weighted by atomic mass is 10.3. The summed E-state index contributed by atoms with van der Waals surface area (Å²) in [5, 5.41) is 0.184. The molecule has 0 spiro atoms. The molecule has 15 heavy (non-hydrogen) atoms. The second-order valence-electron chi connectivity index (χ2n) is 3.09. The quantitative estimate of drug-likeness (QED) is 0.446. The van der Waals surface area contributed by atoms with Crippen molar-refractivity contribution in [2.45, 2.75) is 6.92 Å². The first-order chi connectivity index (χ1) is 7.10. The SMILES string of the molecule is C=CCN(C)c1nc(C)nc(Cl)c1C=O. The fourth-order valence-electron chi connectivity index (χ4n) is 1.21. The van der Waals surface area contributed by atoms with E-state index in [9.17, 15) is 4.79 Å². The number of carbonyl (C=O) groups excluding carboxylic acids is 1. The normalized spacial score (nSPS) is 9.80. The van der Waals surface area contributed by atoms with Gasteiger partial charge in [0.25, 0.3) is 0 Å². The van der Waals surface area contributed by atoms with Crippen molar-refractivity contribution in [2.75, 3.05) is 18.5 Å². The fraction of sp³-hybridized carbons (Fsp3) is 0.300. The molecule has 0 aromatic carbocycles. The van der Waals surface area contributed by atoms with Crippen LogP contribution in [0, 0.1) is 6.92 Å². The van der Waals surface area contributed by atoms with Gasteiger partial charge in [-0.2, -0.15) is 0 Å². The Morgan fingerprint density at radius 1 is 1.53 bits per heavy atom. The lowest BCUT2D eigenvalue weighted by Gasteiger charge is -2.18. The van der Waals surface area contributed by atoms with E-state index in [1.54, 1.807) is 17.9 Å². The molecule has 80 valence electrons. The third kappa shape index (κ3) is 2.53. The Hall–Kier alpha value is -1.42. The van der Waals surface area contributed by atoms with Gasteiger partial charge in [0.1, 0.15) is 16.8 Å². The standard InChI is InChI=1S/C10H12ClN3O/c1-4-5-14(3)10-8(6-15)9(11)12-7(2)13-10/h4,6H,1,5H2,2-3H3. The van der Waals surface area contributed by atoms with Crippen LogP contribution in [0.2, 0.25) is 5.15 Å². The van der Waals surface area contributed by atoms with Crippen LogP contribution in [0.1, 0.15) is 16.2 Å². The maximum atomic E-state index is 10.9. The lowest BCUT2D eigenvalue weighted by molar-refractivity contribution is 0.112. The first kappa shape index (κ1) is 11.7. The predicted octanol–water partition coefficient (Wildman–Crippen LogP) is 1.87. The summed E-state index contributed by atoms with van der Waals surface area (Å²) in [6.07, 6.45) is 2.39. The predicted molar refractivity (Wildman–Crippen MR) is 60.6 cm³/mol. The number of carbonyl (C=O) groups is 1. The molecule has 5 heteroatoms. The molecule has 1 aromatic rings. The summed E-state index contributed by atoms with van der Waals surface area (Å²) in [5.41, 5.74) is 0.312. The van der Waals surface area contributed by atoms with E-state index in [0.717, 1.165) is 0 Å². The highest BCUT2D eigenvalue weighted by Crippen LogP contribution is 2.21. The van der Waals surface area contributed by atoms with Gasteiger partial charge in [0.05, 0.1) is 5.56 Å². The van der Waals surface area contributed by atoms with Crippen LogP contribution in [-0.2, 0) is 0 Å². The van der Waals surface area contributed by atoms with Crippen LogP contribution in [0.4, 0.5) is 5.82 Å². The number of hydrogen-bond acceptors (Lipinski definition) is 4. The van der Waals surface area contributed by atoms with Crippen molar-refractivity contribution >= 4 is 23.7 Å². The number of aryl methyl sites for hydroxylation is 1. The first-order valence-electron chi connectivity index (χ1n) is 4.41. The fourth-order valence-corrected chi connectivity index (χ4v) is 1.46. The number of likely N-dealkylation sites (N-methyl/N-ethyl adjacent to an activating group) is 1. The van der Waals surface area contributed by atoms with Crippen molar-refractivity contribution in [3.05, 3.63) is 29.2 Å². The molecule has 1 rings (SSSR count). The largest absolute Gasteiger partial charge is 0.355 e. The van der Waals surface area contributed by atoms with E-state index in [2.05, 4.69) is 16.5 Å². The van der Waals surface area contributed by atoms with Crippen molar-refractivity contribution in [2.24, 2.45) is 0 Å². The van der Waals surface area contributed by atoms with Crippen molar-refractivity contribution in [3.63, 3.8) is 0 Å². The van der Waals surface area contributed by atoms with Crippen LogP contribution < -0.4 is 4.90 Å². The molecule has 0 aliphatic heterocycles. The summed E-state index contributed by atoms with van der Waals surface area (Å²) in [6, 6.07) is 0. The third-order valence-electron chi connectivity index (χ3n) is 1.87. The van der Waals surface area contributed by atoms with E-state index in [1.807, 2.05) is 7.05 Å². The monoisotopic (exact) mass is 225 g/mol. The topological polar surface area (TPSA) is 46.1 Å². The Kier molecular flexibility index (Phi) is 3.80. The number of nitrogens with zero attached hydrogens (tertiary/aromatic N) is 3. The average molecular weight is 226 g/mol. The van der Waals surface area contributed by atoms with Gasteiger partial charge in [-0.15, -0.1) is 6.58 Å². The van der Waals surface area contributed by atoms with Gasteiger partial charge < -0.3 is 4.90 Å². The van der Waals surface area contributed by atoms with Gasteiger partial charge in [0, 0.05) is 13.6 Å². The summed E-state index contributed by atoms with van der Waals surface area (Å²) in [7, 11) is 1.81. The van der Waals surface area contributed by atoms with Gasteiger partial charge in [-0.3, -0.25) is 4.79 Å². The van der Waals surface area contributed by atoms with Gasteiger partial charge in [0.2, 0.25) is 0 Å². The number of aldehydes is 1. The molecule has 0 saturated carbocycles. The van der Waals surface area contributed by atoms with Crippen LogP contribution in [0.5, 0.6) is 0 Å². The van der Waals surface area contributed by atoms with Gasteiger partial charge in [0.15, 0.2) is 6.29 Å². The Labute approximate surface area is 93.6 Å². The molecule has 1 aromatic heterocycles. The van der Waals surface area contributed by atoms with Crippen LogP contribution >= 0.6 is 11.6 Å². The average Bonchev–Trinajstić information content (AvgIpc) is 2.17. The van der Waals surface area contributed by atoms with E-state index in [0.29, 0.717) is 30.0 Å². The number of rotatable bonds is 4. The van der Waals surface area contributed by atoms with Crippen LogP contribution in [0.25, 0.3) is 0 Å². The van der Waals surface area contributed by atoms with Crippen LogP contribution in [0.3, 0.4) is 0 Å². The first-order valence-corrected chi connectivity index (χ1v) is 4.79. The van der Waals surface area contributed by atoms with Crippen molar-refractivity contribution in [1.82, 2.24) is 9.97 Å². The van der Waals surface area contributed by atoms with Crippen molar-refractivity contribution < 1.29 is 4.79 Å². The molecule has 4 nitrogen and oxygen atoms in total. The minimum Gasteiger partial charge on any atom is -0.355 e. The van der Waals surface area contributed by atoms with E-state index in [-0.39, 0.29) is 5.15 Å². The Bertz CT molecular complexity index is 392. The van der Waals surface area contributed by atoms with E-state index in [1.165, 1.54) is 0 Å². The summed E-state index contributed by atoms with van der Waals surface area (Å²) >= 11 is 5.84. The minimum absolute atomic E-state index is 0.184. The zero-order valence-electron chi connectivity index (χ0n) is 8.70. The zero-order chi connectivity index (χ0) is 11.4. The third-order valence-corrected chi connectivity index (χ3v) is 2.16. The van der Waals surface area contributed by atoms with Crippen LogP contribution in [0.15, 0.2) is 12.7 Å². The molecule has 0 amide bonds. The van der Waals surface area contributed by atoms with Crippen molar-refractivity contribution in [3.8, 4) is 0 Å². The molecule has 0 atom stereocenters. The zero-order valence-corrected chi connectivity index (χ0v) is 9.45. The van der Waals surface area contributed by atoms with Crippen LogP contribution in [-0.4, -0.2) is 29.8 Å². The Morgan fingerprint density at radius 2 is 2.20 bits per heavy atom. The van der Waals surface area contributed by atoms with Gasteiger partial charge >= 0.3 is 0 Å². The molecule has 0 saturated heterocycles. The maximum absolute atomic E-state index is 10.9.